The van der Waals surface area contributed by atoms with Gasteiger partial charge < -0.3 is 9.30 Å². The lowest BCUT2D eigenvalue weighted by molar-refractivity contribution is 0.414. The Morgan fingerprint density at radius 1 is 1.24 bits per heavy atom. The summed E-state index contributed by atoms with van der Waals surface area (Å²) in [6.07, 6.45) is 1.24. The Morgan fingerprint density at radius 3 is 2.43 bits per heavy atom. The Kier molecular flexibility index (Phi) is 4.59. The van der Waals surface area contributed by atoms with Gasteiger partial charge in [-0.3, -0.25) is 0 Å². The van der Waals surface area contributed by atoms with E-state index in [1.54, 1.807) is 11.7 Å². The van der Waals surface area contributed by atoms with Gasteiger partial charge in [0.2, 0.25) is 0 Å². The van der Waals surface area contributed by atoms with Gasteiger partial charge in [-0.1, -0.05) is 19.1 Å². The number of sulfonamides is 1. The molecule has 0 aliphatic carbocycles. The third-order valence-corrected chi connectivity index (χ3v) is 3.83. The molecule has 21 heavy (non-hydrogen) atoms. The van der Waals surface area contributed by atoms with E-state index >= 15 is 0 Å². The predicted molar refractivity (Wildman–Crippen MR) is 77.5 cm³/mol. The van der Waals surface area contributed by atoms with Gasteiger partial charge in [0.05, 0.1) is 7.11 Å². The highest BCUT2D eigenvalue weighted by Crippen LogP contribution is 2.16. The molecule has 1 aromatic heterocycles. The molecule has 0 fully saturated rings. The molecule has 0 bridgehead atoms. The maximum Gasteiger partial charge on any atom is 0.273 e. The van der Waals surface area contributed by atoms with Crippen LogP contribution in [0.1, 0.15) is 24.7 Å². The maximum absolute atomic E-state index is 11.5. The second kappa shape index (κ2) is 6.23. The summed E-state index contributed by atoms with van der Waals surface area (Å²) in [5.41, 5.74) is 0.988. The number of hydrogen-bond donors (Lipinski definition) is 1. The molecular weight excluding hydrogens is 292 g/mol. The van der Waals surface area contributed by atoms with Crippen molar-refractivity contribution in [2.75, 3.05) is 7.11 Å². The summed E-state index contributed by atoms with van der Waals surface area (Å²) >= 11 is 0. The SMILES string of the molecule is CCCn1c(Cc2ccc(OC)cc2)nnc1S(N)(=O)=O. The van der Waals surface area contributed by atoms with Crippen LogP contribution in [0.2, 0.25) is 0 Å². The van der Waals surface area contributed by atoms with Gasteiger partial charge in [-0.2, -0.15) is 0 Å². The molecule has 0 saturated carbocycles. The molecule has 2 rings (SSSR count). The first kappa shape index (κ1) is 15.5. The van der Waals surface area contributed by atoms with Crippen LogP contribution in [0.4, 0.5) is 0 Å². The van der Waals surface area contributed by atoms with Crippen molar-refractivity contribution in [1.82, 2.24) is 14.8 Å². The van der Waals surface area contributed by atoms with Crippen LogP contribution >= 0.6 is 0 Å². The summed E-state index contributed by atoms with van der Waals surface area (Å²) in [5.74, 6) is 1.34. The Hall–Kier alpha value is -1.93. The fraction of sp³-hybridized carbons (Fsp3) is 0.385. The average Bonchev–Trinajstić information content (AvgIpc) is 2.83. The summed E-state index contributed by atoms with van der Waals surface area (Å²) in [6.45, 7) is 2.45. The van der Waals surface area contributed by atoms with Crippen molar-refractivity contribution in [1.29, 1.82) is 0 Å². The zero-order chi connectivity index (χ0) is 15.5. The molecule has 1 aromatic carbocycles. The normalized spacial score (nSPS) is 11.6. The predicted octanol–water partition coefficient (Wildman–Crippen LogP) is 0.935. The van der Waals surface area contributed by atoms with Gasteiger partial charge >= 0.3 is 0 Å². The largest absolute Gasteiger partial charge is 0.497 e. The molecule has 8 heteroatoms. The van der Waals surface area contributed by atoms with Crippen LogP contribution in [0.25, 0.3) is 0 Å². The Balaban J connectivity index is 2.32. The molecule has 0 unspecified atom stereocenters. The van der Waals surface area contributed by atoms with Crippen LogP contribution in [-0.4, -0.2) is 30.3 Å². The first-order valence-corrected chi connectivity index (χ1v) is 8.08. The molecule has 114 valence electrons. The number of methoxy groups -OCH3 is 1. The standard InChI is InChI=1S/C13H18N4O3S/c1-3-8-17-12(15-16-13(17)21(14,18)19)9-10-4-6-11(20-2)7-5-10/h4-7H,3,8-9H2,1-2H3,(H2,14,18,19). The smallest absolute Gasteiger partial charge is 0.273 e. The minimum atomic E-state index is -3.87. The van der Waals surface area contributed by atoms with Crippen LogP contribution < -0.4 is 9.88 Å². The van der Waals surface area contributed by atoms with Crippen molar-refractivity contribution in [3.8, 4) is 5.75 Å². The lowest BCUT2D eigenvalue weighted by Crippen LogP contribution is -2.19. The number of rotatable bonds is 6. The molecule has 7 nitrogen and oxygen atoms in total. The van der Waals surface area contributed by atoms with Crippen LogP contribution in [0, 0.1) is 0 Å². The van der Waals surface area contributed by atoms with Crippen molar-refractivity contribution in [3.05, 3.63) is 35.7 Å². The van der Waals surface area contributed by atoms with Crippen LogP contribution in [0.3, 0.4) is 0 Å². The Morgan fingerprint density at radius 2 is 1.90 bits per heavy atom. The zero-order valence-electron chi connectivity index (χ0n) is 12.0. The second-order valence-corrected chi connectivity index (χ2v) is 6.08. The summed E-state index contributed by atoms with van der Waals surface area (Å²) in [6, 6.07) is 7.49. The quantitative estimate of drug-likeness (QED) is 0.855. The molecule has 0 aliphatic rings. The molecule has 0 radical (unpaired) electrons. The van der Waals surface area contributed by atoms with Crippen LogP contribution in [0.15, 0.2) is 29.4 Å². The van der Waals surface area contributed by atoms with Crippen molar-refractivity contribution in [2.24, 2.45) is 5.14 Å². The molecule has 2 N–H and O–H groups in total. The van der Waals surface area contributed by atoms with Gasteiger partial charge in [-0.05, 0) is 24.1 Å². The Labute approximate surface area is 123 Å². The van der Waals surface area contributed by atoms with Crippen molar-refractivity contribution in [2.45, 2.75) is 31.5 Å². The van der Waals surface area contributed by atoms with Gasteiger partial charge in [0.25, 0.3) is 15.2 Å². The average molecular weight is 310 g/mol. The molecular formula is C13H18N4O3S. The minimum Gasteiger partial charge on any atom is -0.497 e. The first-order chi connectivity index (χ1) is 9.95. The van der Waals surface area contributed by atoms with E-state index in [-0.39, 0.29) is 5.16 Å². The van der Waals surface area contributed by atoms with E-state index in [0.29, 0.717) is 18.8 Å². The molecule has 1 heterocycles. The van der Waals surface area contributed by atoms with E-state index in [2.05, 4.69) is 10.2 Å². The summed E-state index contributed by atoms with van der Waals surface area (Å²) < 4.78 is 29.7. The first-order valence-electron chi connectivity index (χ1n) is 6.53. The summed E-state index contributed by atoms with van der Waals surface area (Å²) in [7, 11) is -2.27. The summed E-state index contributed by atoms with van der Waals surface area (Å²) in [5, 5.41) is 12.7. The third kappa shape index (κ3) is 3.59. The number of nitrogens with two attached hydrogens (primary N) is 1. The van der Waals surface area contributed by atoms with Crippen molar-refractivity contribution >= 4 is 10.0 Å². The molecule has 0 aliphatic heterocycles. The van der Waals surface area contributed by atoms with E-state index < -0.39 is 10.0 Å². The number of hydrogen-bond acceptors (Lipinski definition) is 5. The van der Waals surface area contributed by atoms with Crippen LogP contribution in [0.5, 0.6) is 5.75 Å². The number of benzene rings is 1. The molecule has 0 saturated heterocycles. The molecule has 0 atom stereocenters. The Bertz CT molecular complexity index is 708. The fourth-order valence-electron chi connectivity index (χ4n) is 2.03. The highest BCUT2D eigenvalue weighted by Gasteiger charge is 2.20. The van der Waals surface area contributed by atoms with E-state index in [0.717, 1.165) is 17.7 Å². The van der Waals surface area contributed by atoms with Gasteiger partial charge in [0.1, 0.15) is 11.6 Å². The van der Waals surface area contributed by atoms with Crippen LogP contribution in [-0.2, 0) is 23.0 Å². The monoisotopic (exact) mass is 310 g/mol. The third-order valence-electron chi connectivity index (χ3n) is 3.02. The molecule has 0 spiro atoms. The molecule has 0 amide bonds. The lowest BCUT2D eigenvalue weighted by Gasteiger charge is -2.08. The van der Waals surface area contributed by atoms with Gasteiger partial charge in [-0.15, -0.1) is 10.2 Å². The zero-order valence-corrected chi connectivity index (χ0v) is 12.8. The van der Waals surface area contributed by atoms with Gasteiger partial charge in [-0.25, -0.2) is 13.6 Å². The number of primary sulfonamides is 1. The van der Waals surface area contributed by atoms with Crippen molar-refractivity contribution in [3.63, 3.8) is 0 Å². The number of ether oxygens (including phenoxy) is 1. The summed E-state index contributed by atoms with van der Waals surface area (Å²) in [4.78, 5) is 0. The van der Waals surface area contributed by atoms with E-state index in [4.69, 9.17) is 9.88 Å². The topological polar surface area (TPSA) is 100 Å². The number of nitrogens with zero attached hydrogens (tertiary/aromatic N) is 3. The van der Waals surface area contributed by atoms with Gasteiger partial charge in [0.15, 0.2) is 0 Å². The highest BCUT2D eigenvalue weighted by atomic mass is 32.2. The molecule has 2 aromatic rings. The van der Waals surface area contributed by atoms with Gasteiger partial charge in [0, 0.05) is 13.0 Å². The van der Waals surface area contributed by atoms with E-state index in [1.165, 1.54) is 0 Å². The van der Waals surface area contributed by atoms with Crippen molar-refractivity contribution < 1.29 is 13.2 Å². The fourth-order valence-corrected chi connectivity index (χ4v) is 2.69. The lowest BCUT2D eigenvalue weighted by atomic mass is 10.1. The highest BCUT2D eigenvalue weighted by molar-refractivity contribution is 7.89. The number of aromatic nitrogens is 3. The maximum atomic E-state index is 11.5. The minimum absolute atomic E-state index is 0.187. The second-order valence-electron chi connectivity index (χ2n) is 4.62. The van der Waals surface area contributed by atoms with E-state index in [9.17, 15) is 8.42 Å². The van der Waals surface area contributed by atoms with E-state index in [1.807, 2.05) is 31.2 Å².